The van der Waals surface area contributed by atoms with Gasteiger partial charge < -0.3 is 19.5 Å². The molecule has 0 amide bonds. The van der Waals surface area contributed by atoms with Crippen molar-refractivity contribution in [2.45, 2.75) is 84.0 Å². The molecule has 0 aliphatic carbocycles. The average molecular weight is 349 g/mol. The van der Waals surface area contributed by atoms with Crippen molar-refractivity contribution in [3.8, 4) is 0 Å². The Labute approximate surface area is 146 Å². The van der Waals surface area contributed by atoms with E-state index in [0.29, 0.717) is 19.8 Å². The smallest absolute Gasteiger partial charge is 0.155 e. The van der Waals surface area contributed by atoms with E-state index in [1.54, 1.807) is 0 Å². The summed E-state index contributed by atoms with van der Waals surface area (Å²) in [4.78, 5) is 0. The van der Waals surface area contributed by atoms with E-state index in [2.05, 4.69) is 6.92 Å². The standard InChI is InChI=1S/C18H40NO3P/c1-2-3-4-5-6-7-8-9-10-11-12-15-20-16-13-17-21-23-22-18-14-19/h23H,2-19H2,1H3. The molecule has 0 radical (unpaired) electrons. The van der Waals surface area contributed by atoms with Crippen molar-refractivity contribution in [3.05, 3.63) is 0 Å². The normalized spacial score (nSPS) is 11.7. The predicted molar refractivity (Wildman–Crippen MR) is 101 cm³/mol. The van der Waals surface area contributed by atoms with Gasteiger partial charge >= 0.3 is 0 Å². The Kier molecular flexibility index (Phi) is 22.5. The second-order valence-electron chi connectivity index (χ2n) is 6.07. The lowest BCUT2D eigenvalue weighted by molar-refractivity contribution is 0.116. The van der Waals surface area contributed by atoms with Crippen molar-refractivity contribution in [1.29, 1.82) is 0 Å². The zero-order chi connectivity index (χ0) is 16.8. The lowest BCUT2D eigenvalue weighted by atomic mass is 10.1. The van der Waals surface area contributed by atoms with Crippen LogP contribution in [0, 0.1) is 0 Å². The molecule has 0 fully saturated rings. The van der Waals surface area contributed by atoms with Crippen LogP contribution in [-0.4, -0.2) is 33.0 Å². The van der Waals surface area contributed by atoms with Gasteiger partial charge in [0.05, 0.1) is 13.2 Å². The second kappa shape index (κ2) is 22.3. The first-order valence-corrected chi connectivity index (χ1v) is 10.5. The monoisotopic (exact) mass is 349 g/mol. The molecule has 1 atom stereocenters. The number of nitrogens with two attached hydrogens (primary N) is 1. The summed E-state index contributed by atoms with van der Waals surface area (Å²) in [5.74, 6) is 0. The van der Waals surface area contributed by atoms with Gasteiger partial charge in [-0.3, -0.25) is 0 Å². The van der Waals surface area contributed by atoms with Crippen LogP contribution in [-0.2, 0) is 13.8 Å². The maximum Gasteiger partial charge on any atom is 0.155 e. The van der Waals surface area contributed by atoms with Crippen molar-refractivity contribution in [3.63, 3.8) is 0 Å². The fourth-order valence-corrected chi connectivity index (χ4v) is 2.90. The number of ether oxygens (including phenoxy) is 1. The third-order valence-electron chi connectivity index (χ3n) is 3.77. The van der Waals surface area contributed by atoms with Crippen LogP contribution in [0.15, 0.2) is 0 Å². The Bertz CT molecular complexity index is 189. The molecule has 23 heavy (non-hydrogen) atoms. The third kappa shape index (κ3) is 22.3. The Balaban J connectivity index is 2.92. The van der Waals surface area contributed by atoms with Gasteiger partial charge in [0.1, 0.15) is 0 Å². The molecule has 0 spiro atoms. The predicted octanol–water partition coefficient (Wildman–Crippen LogP) is 5.20. The molecule has 2 N–H and O–H groups in total. The van der Waals surface area contributed by atoms with Crippen LogP contribution in [0.25, 0.3) is 0 Å². The highest BCUT2D eigenvalue weighted by molar-refractivity contribution is 7.26. The third-order valence-corrected chi connectivity index (χ3v) is 4.41. The molecule has 0 aliphatic heterocycles. The Morgan fingerprint density at radius 2 is 1.13 bits per heavy atom. The number of rotatable bonds is 20. The van der Waals surface area contributed by atoms with Gasteiger partial charge in [-0.2, -0.15) is 0 Å². The summed E-state index contributed by atoms with van der Waals surface area (Å²) >= 11 is 0. The lowest BCUT2D eigenvalue weighted by Gasteiger charge is -2.06. The minimum absolute atomic E-state index is 0.114. The molecule has 0 aromatic rings. The molecular formula is C18H40NO3P. The molecular weight excluding hydrogens is 309 g/mol. The molecule has 0 bridgehead atoms. The molecule has 4 nitrogen and oxygen atoms in total. The van der Waals surface area contributed by atoms with Gasteiger partial charge in [-0.1, -0.05) is 71.1 Å². The van der Waals surface area contributed by atoms with E-state index in [1.807, 2.05) is 0 Å². The van der Waals surface area contributed by atoms with Crippen LogP contribution in [0.2, 0.25) is 0 Å². The van der Waals surface area contributed by atoms with Crippen molar-refractivity contribution in [2.24, 2.45) is 5.73 Å². The van der Waals surface area contributed by atoms with E-state index < -0.39 is 0 Å². The number of hydrogen-bond donors (Lipinski definition) is 1. The Morgan fingerprint density at radius 3 is 1.74 bits per heavy atom. The quantitative estimate of drug-likeness (QED) is 0.242. The van der Waals surface area contributed by atoms with Crippen LogP contribution in [0.5, 0.6) is 0 Å². The Morgan fingerprint density at radius 1 is 0.609 bits per heavy atom. The van der Waals surface area contributed by atoms with Gasteiger partial charge in [0.2, 0.25) is 0 Å². The highest BCUT2D eigenvalue weighted by Crippen LogP contribution is 2.13. The van der Waals surface area contributed by atoms with Crippen LogP contribution in [0.1, 0.15) is 84.0 Å². The van der Waals surface area contributed by atoms with E-state index in [4.69, 9.17) is 19.5 Å². The molecule has 0 aromatic carbocycles. The van der Waals surface area contributed by atoms with Crippen molar-refractivity contribution >= 4 is 9.03 Å². The molecule has 1 unspecified atom stereocenters. The summed E-state index contributed by atoms with van der Waals surface area (Å²) in [6, 6.07) is 0. The van der Waals surface area contributed by atoms with E-state index >= 15 is 0 Å². The molecule has 0 saturated carbocycles. The summed E-state index contributed by atoms with van der Waals surface area (Å²) in [5, 5.41) is 0. The van der Waals surface area contributed by atoms with Gasteiger partial charge in [-0.15, -0.1) is 0 Å². The molecule has 140 valence electrons. The minimum atomic E-state index is 0.114. The SMILES string of the molecule is CCCCCCCCCCCCCOCCCOPOCCN. The molecule has 0 heterocycles. The summed E-state index contributed by atoms with van der Waals surface area (Å²) < 4.78 is 16.1. The summed E-state index contributed by atoms with van der Waals surface area (Å²) in [6.07, 6.45) is 16.1. The van der Waals surface area contributed by atoms with Crippen molar-refractivity contribution in [1.82, 2.24) is 0 Å². The first-order chi connectivity index (χ1) is 11.4. The van der Waals surface area contributed by atoms with E-state index in [1.165, 1.54) is 70.6 Å². The van der Waals surface area contributed by atoms with Crippen molar-refractivity contribution in [2.75, 3.05) is 33.0 Å². The molecule has 0 aromatic heterocycles. The maximum atomic E-state index is 5.61. The average Bonchev–Trinajstić information content (AvgIpc) is 2.57. The summed E-state index contributed by atoms with van der Waals surface area (Å²) in [7, 11) is 0.114. The van der Waals surface area contributed by atoms with Crippen LogP contribution < -0.4 is 5.73 Å². The first kappa shape index (κ1) is 23.3. The molecule has 0 rings (SSSR count). The fourth-order valence-electron chi connectivity index (χ4n) is 2.39. The van der Waals surface area contributed by atoms with Gasteiger partial charge in [-0.05, 0) is 12.8 Å². The van der Waals surface area contributed by atoms with Gasteiger partial charge in [-0.25, -0.2) is 0 Å². The maximum absolute atomic E-state index is 5.61. The van der Waals surface area contributed by atoms with Crippen LogP contribution in [0.3, 0.4) is 0 Å². The van der Waals surface area contributed by atoms with E-state index in [9.17, 15) is 0 Å². The largest absolute Gasteiger partial charge is 0.381 e. The molecule has 5 heteroatoms. The lowest BCUT2D eigenvalue weighted by Crippen LogP contribution is -2.05. The minimum Gasteiger partial charge on any atom is -0.381 e. The zero-order valence-electron chi connectivity index (χ0n) is 15.3. The topological polar surface area (TPSA) is 53.7 Å². The van der Waals surface area contributed by atoms with Crippen LogP contribution in [0.4, 0.5) is 0 Å². The second-order valence-corrected chi connectivity index (χ2v) is 6.81. The Hall–Kier alpha value is 0.270. The van der Waals surface area contributed by atoms with Gasteiger partial charge in [0.15, 0.2) is 9.03 Å². The van der Waals surface area contributed by atoms with Gasteiger partial charge in [0, 0.05) is 19.8 Å². The number of hydrogen-bond acceptors (Lipinski definition) is 4. The summed E-state index contributed by atoms with van der Waals surface area (Å²) in [6.45, 7) is 5.80. The van der Waals surface area contributed by atoms with E-state index in [-0.39, 0.29) is 9.03 Å². The fraction of sp³-hybridized carbons (Fsp3) is 1.00. The highest BCUT2D eigenvalue weighted by atomic mass is 31.1. The first-order valence-electron chi connectivity index (χ1n) is 9.68. The number of unbranched alkanes of at least 4 members (excludes halogenated alkanes) is 10. The van der Waals surface area contributed by atoms with Crippen molar-refractivity contribution < 1.29 is 13.8 Å². The van der Waals surface area contributed by atoms with Crippen LogP contribution >= 0.6 is 9.03 Å². The molecule has 0 aliphatic rings. The highest BCUT2D eigenvalue weighted by Gasteiger charge is 1.94. The van der Waals surface area contributed by atoms with Gasteiger partial charge in [0.25, 0.3) is 0 Å². The zero-order valence-corrected chi connectivity index (χ0v) is 16.3. The van der Waals surface area contributed by atoms with E-state index in [0.717, 1.165) is 19.6 Å². The summed E-state index contributed by atoms with van der Waals surface area (Å²) in [5.41, 5.74) is 5.31. The molecule has 0 saturated heterocycles.